The zero-order valence-corrected chi connectivity index (χ0v) is 12.2. The molecular formula is C13H17F3N4O3. The normalized spacial score (nSPS) is 17.8. The molecule has 1 fully saturated rings. The van der Waals surface area contributed by atoms with Gasteiger partial charge in [-0.25, -0.2) is 14.8 Å². The minimum Gasteiger partial charge on any atom is -0.465 e. The Hall–Kier alpha value is -2.10. The Morgan fingerprint density at radius 1 is 1.39 bits per heavy atom. The van der Waals surface area contributed by atoms with E-state index < -0.39 is 23.6 Å². The van der Waals surface area contributed by atoms with E-state index in [1.54, 1.807) is 4.90 Å². The fourth-order valence-electron chi connectivity index (χ4n) is 2.43. The molecule has 128 valence electrons. The smallest absolute Gasteiger partial charge is 0.433 e. The van der Waals surface area contributed by atoms with Gasteiger partial charge in [-0.15, -0.1) is 0 Å². The Kier molecular flexibility index (Phi) is 4.93. The van der Waals surface area contributed by atoms with Crippen molar-refractivity contribution >= 4 is 12.0 Å². The third kappa shape index (κ3) is 4.68. The summed E-state index contributed by atoms with van der Waals surface area (Å²) in [4.78, 5) is 19.3. The lowest BCUT2D eigenvalue weighted by Gasteiger charge is -2.38. The zero-order valence-electron chi connectivity index (χ0n) is 12.2. The van der Waals surface area contributed by atoms with Gasteiger partial charge < -0.3 is 20.4 Å². The van der Waals surface area contributed by atoms with Gasteiger partial charge in [0.05, 0.1) is 5.60 Å². The molecule has 2 heterocycles. The van der Waals surface area contributed by atoms with Crippen molar-refractivity contribution in [1.82, 2.24) is 15.3 Å². The Labute approximate surface area is 130 Å². The second kappa shape index (κ2) is 6.57. The molecular weight excluding hydrogens is 317 g/mol. The topological polar surface area (TPSA) is 98.6 Å². The molecule has 0 aliphatic carbocycles. The van der Waals surface area contributed by atoms with Crippen LogP contribution in [0, 0.1) is 0 Å². The van der Waals surface area contributed by atoms with Crippen LogP contribution in [0.15, 0.2) is 12.3 Å². The molecule has 0 aromatic carbocycles. The second-order valence-electron chi connectivity index (χ2n) is 5.43. The minimum absolute atomic E-state index is 0.0227. The molecule has 10 heteroatoms. The number of hydrogen-bond acceptors (Lipinski definition) is 5. The lowest BCUT2D eigenvalue weighted by Crippen LogP contribution is -2.46. The molecule has 0 atom stereocenters. The van der Waals surface area contributed by atoms with Crippen LogP contribution in [0.2, 0.25) is 0 Å². The predicted molar refractivity (Wildman–Crippen MR) is 74.1 cm³/mol. The van der Waals surface area contributed by atoms with Crippen LogP contribution in [0.3, 0.4) is 0 Å². The Balaban J connectivity index is 1.95. The van der Waals surface area contributed by atoms with Gasteiger partial charge in [0.15, 0.2) is 0 Å². The van der Waals surface area contributed by atoms with Crippen molar-refractivity contribution < 1.29 is 28.2 Å². The predicted octanol–water partition coefficient (Wildman–Crippen LogP) is 1.48. The van der Waals surface area contributed by atoms with Crippen LogP contribution in [0.25, 0.3) is 0 Å². The van der Waals surface area contributed by atoms with Crippen molar-refractivity contribution in [3.63, 3.8) is 0 Å². The first kappa shape index (κ1) is 17.3. The number of halogens is 3. The number of anilines is 1. The summed E-state index contributed by atoms with van der Waals surface area (Å²) in [5, 5.41) is 21.0. The van der Waals surface area contributed by atoms with E-state index >= 15 is 0 Å². The molecule has 7 nitrogen and oxygen atoms in total. The molecule has 1 aromatic rings. The van der Waals surface area contributed by atoms with E-state index in [-0.39, 0.29) is 18.9 Å². The molecule has 1 saturated heterocycles. The molecule has 1 amide bonds. The lowest BCUT2D eigenvalue weighted by atomic mass is 9.88. The number of hydrogen-bond donors (Lipinski definition) is 3. The van der Waals surface area contributed by atoms with Gasteiger partial charge in [-0.05, 0) is 25.3 Å². The standard InChI is InChI=1S/C13H17F3N4O3/c14-13(15,16)9-1-5-17-10(19-9)20-7-3-12(23,4-8-20)2-6-18-11(21)22/h1,5,18,23H,2-4,6-8H2,(H,21,22). The van der Waals surface area contributed by atoms with Crippen LogP contribution in [0.1, 0.15) is 25.0 Å². The number of carboxylic acid groups (broad SMARTS) is 1. The molecule has 0 unspecified atom stereocenters. The van der Waals surface area contributed by atoms with Gasteiger partial charge in [-0.1, -0.05) is 0 Å². The molecule has 3 N–H and O–H groups in total. The van der Waals surface area contributed by atoms with Crippen LogP contribution >= 0.6 is 0 Å². The number of alkyl halides is 3. The number of rotatable bonds is 4. The van der Waals surface area contributed by atoms with Gasteiger partial charge >= 0.3 is 12.3 Å². The number of piperidine rings is 1. The van der Waals surface area contributed by atoms with Crippen molar-refractivity contribution in [3.8, 4) is 0 Å². The quantitative estimate of drug-likeness (QED) is 0.771. The third-order valence-corrected chi connectivity index (χ3v) is 3.78. The highest BCUT2D eigenvalue weighted by atomic mass is 19.4. The second-order valence-corrected chi connectivity index (χ2v) is 5.43. The van der Waals surface area contributed by atoms with E-state index in [1.807, 2.05) is 0 Å². The van der Waals surface area contributed by atoms with Crippen LogP contribution in [-0.4, -0.2) is 51.5 Å². The van der Waals surface area contributed by atoms with Crippen LogP contribution < -0.4 is 10.2 Å². The molecule has 0 spiro atoms. The number of amides is 1. The van der Waals surface area contributed by atoms with Crippen molar-refractivity contribution in [2.24, 2.45) is 0 Å². The number of carbonyl (C=O) groups is 1. The Morgan fingerprint density at radius 2 is 2.04 bits per heavy atom. The first-order chi connectivity index (χ1) is 10.7. The van der Waals surface area contributed by atoms with Crippen LogP contribution in [-0.2, 0) is 6.18 Å². The Morgan fingerprint density at radius 3 is 2.61 bits per heavy atom. The van der Waals surface area contributed by atoms with Gasteiger partial charge in [0.2, 0.25) is 5.95 Å². The Bertz CT molecular complexity index is 560. The summed E-state index contributed by atoms with van der Waals surface area (Å²) >= 11 is 0. The van der Waals surface area contributed by atoms with Gasteiger partial charge in [0, 0.05) is 25.8 Å². The highest BCUT2D eigenvalue weighted by Gasteiger charge is 2.35. The van der Waals surface area contributed by atoms with Crippen molar-refractivity contribution in [2.45, 2.75) is 31.0 Å². The molecule has 23 heavy (non-hydrogen) atoms. The summed E-state index contributed by atoms with van der Waals surface area (Å²) in [5.41, 5.74) is -2.05. The average Bonchev–Trinajstić information content (AvgIpc) is 2.47. The monoisotopic (exact) mass is 334 g/mol. The highest BCUT2D eigenvalue weighted by Crippen LogP contribution is 2.30. The van der Waals surface area contributed by atoms with Crippen molar-refractivity contribution in [2.75, 3.05) is 24.5 Å². The fraction of sp³-hybridized carbons (Fsp3) is 0.615. The lowest BCUT2D eigenvalue weighted by molar-refractivity contribution is -0.141. The molecule has 0 saturated carbocycles. The molecule has 1 aliphatic heterocycles. The fourth-order valence-corrected chi connectivity index (χ4v) is 2.43. The molecule has 1 aromatic heterocycles. The SMILES string of the molecule is O=C(O)NCCC1(O)CCN(c2nccc(C(F)(F)F)n2)CC1. The van der Waals surface area contributed by atoms with Gasteiger partial charge in [-0.2, -0.15) is 13.2 Å². The summed E-state index contributed by atoms with van der Waals surface area (Å²) in [6.45, 7) is 0.710. The summed E-state index contributed by atoms with van der Waals surface area (Å²) < 4.78 is 38.0. The van der Waals surface area contributed by atoms with Gasteiger partial charge in [0.25, 0.3) is 0 Å². The van der Waals surface area contributed by atoms with E-state index in [1.165, 1.54) is 0 Å². The molecule has 0 bridgehead atoms. The van der Waals surface area contributed by atoms with Gasteiger partial charge in [0.1, 0.15) is 5.69 Å². The van der Waals surface area contributed by atoms with E-state index in [9.17, 15) is 23.1 Å². The van der Waals surface area contributed by atoms with E-state index in [0.29, 0.717) is 25.9 Å². The molecule has 0 radical (unpaired) electrons. The maximum Gasteiger partial charge on any atom is 0.433 e. The summed E-state index contributed by atoms with van der Waals surface area (Å²) in [6, 6.07) is 0.807. The third-order valence-electron chi connectivity index (χ3n) is 3.78. The number of nitrogens with one attached hydrogen (secondary N) is 1. The zero-order chi connectivity index (χ0) is 17.1. The van der Waals surface area contributed by atoms with Crippen LogP contribution in [0.5, 0.6) is 0 Å². The number of aliphatic hydroxyl groups is 1. The highest BCUT2D eigenvalue weighted by molar-refractivity contribution is 5.64. The minimum atomic E-state index is -4.53. The number of aromatic nitrogens is 2. The summed E-state index contributed by atoms with van der Waals surface area (Å²) in [5.74, 6) is -0.0227. The van der Waals surface area contributed by atoms with Crippen molar-refractivity contribution in [3.05, 3.63) is 18.0 Å². The molecule has 2 rings (SSSR count). The maximum absolute atomic E-state index is 12.7. The van der Waals surface area contributed by atoms with E-state index in [4.69, 9.17) is 5.11 Å². The van der Waals surface area contributed by atoms with Crippen molar-refractivity contribution in [1.29, 1.82) is 0 Å². The summed E-state index contributed by atoms with van der Waals surface area (Å²) in [7, 11) is 0. The summed E-state index contributed by atoms with van der Waals surface area (Å²) in [6.07, 6.45) is -3.79. The maximum atomic E-state index is 12.7. The largest absolute Gasteiger partial charge is 0.465 e. The average molecular weight is 334 g/mol. The van der Waals surface area contributed by atoms with Gasteiger partial charge in [-0.3, -0.25) is 0 Å². The van der Waals surface area contributed by atoms with E-state index in [0.717, 1.165) is 12.3 Å². The first-order valence-electron chi connectivity index (χ1n) is 7.04. The first-order valence-corrected chi connectivity index (χ1v) is 7.04. The van der Waals surface area contributed by atoms with Crippen LogP contribution in [0.4, 0.5) is 23.9 Å². The molecule has 1 aliphatic rings. The number of nitrogens with zero attached hydrogens (tertiary/aromatic N) is 3. The van der Waals surface area contributed by atoms with E-state index in [2.05, 4.69) is 15.3 Å².